The second-order valence-electron chi connectivity index (χ2n) is 5.19. The molecule has 0 unspecified atom stereocenters. The van der Waals surface area contributed by atoms with E-state index in [0.717, 1.165) is 32.6 Å². The molecule has 1 aliphatic heterocycles. The third-order valence-corrected chi connectivity index (χ3v) is 4.17. The zero-order valence-electron chi connectivity index (χ0n) is 11.8. The largest absolute Gasteiger partial charge is 0.349 e. The topological polar surface area (TPSA) is 26.0 Å². The highest BCUT2D eigenvalue weighted by Gasteiger charge is 2.26. The van der Waals surface area contributed by atoms with E-state index in [1.165, 1.54) is 11.4 Å². The van der Waals surface area contributed by atoms with Crippen LogP contribution in [0.2, 0.25) is 0 Å². The summed E-state index contributed by atoms with van der Waals surface area (Å²) in [7, 11) is 0. The van der Waals surface area contributed by atoms with E-state index in [1.54, 1.807) is 0 Å². The smallest absolute Gasteiger partial charge is 0.0948 e. The molecule has 4 nitrogen and oxygen atoms in total. The van der Waals surface area contributed by atoms with Crippen molar-refractivity contribution in [1.29, 1.82) is 0 Å². The lowest BCUT2D eigenvalue weighted by molar-refractivity contribution is 0.140. The van der Waals surface area contributed by atoms with Crippen molar-refractivity contribution in [3.8, 4) is 0 Å². The maximum atomic E-state index is 4.27. The maximum Gasteiger partial charge on any atom is 0.0948 e. The molecule has 3 rings (SSSR count). The van der Waals surface area contributed by atoms with E-state index >= 15 is 0 Å². The van der Waals surface area contributed by atoms with Crippen molar-refractivity contribution in [3.63, 3.8) is 0 Å². The van der Waals surface area contributed by atoms with E-state index in [2.05, 4.69) is 51.2 Å². The molecule has 0 aliphatic carbocycles. The molecule has 1 aliphatic rings. The Hall–Kier alpha value is -1.55. The monoisotopic (exact) mass is 258 g/mol. The molecule has 0 amide bonds. The number of aromatic nitrogens is 3. The Labute approximate surface area is 114 Å². The summed E-state index contributed by atoms with van der Waals surface area (Å²) < 4.78 is 4.63. The highest BCUT2D eigenvalue weighted by atomic mass is 15.2. The molecule has 0 bridgehead atoms. The van der Waals surface area contributed by atoms with Gasteiger partial charge in [0.1, 0.15) is 0 Å². The molecular formula is C15H22N4. The van der Waals surface area contributed by atoms with Gasteiger partial charge >= 0.3 is 0 Å². The number of fused-ring (bicyclic) bond motifs is 1. The first-order chi connectivity index (χ1) is 9.33. The van der Waals surface area contributed by atoms with Gasteiger partial charge in [0.25, 0.3) is 0 Å². The first-order valence-electron chi connectivity index (χ1n) is 7.21. The molecular weight excluding hydrogens is 236 g/mol. The van der Waals surface area contributed by atoms with Crippen molar-refractivity contribution in [1.82, 2.24) is 19.0 Å². The minimum Gasteiger partial charge on any atom is -0.349 e. The fraction of sp³-hybridized carbons (Fsp3) is 0.533. The molecule has 0 N–H and O–H groups in total. The van der Waals surface area contributed by atoms with Gasteiger partial charge in [-0.3, -0.25) is 4.90 Å². The second-order valence-corrected chi connectivity index (χ2v) is 5.19. The van der Waals surface area contributed by atoms with Crippen LogP contribution in [-0.4, -0.2) is 25.6 Å². The van der Waals surface area contributed by atoms with Crippen molar-refractivity contribution < 1.29 is 0 Å². The van der Waals surface area contributed by atoms with E-state index in [-0.39, 0.29) is 0 Å². The van der Waals surface area contributed by atoms with E-state index in [1.807, 2.05) is 12.5 Å². The first-order valence-corrected chi connectivity index (χ1v) is 7.21. The van der Waals surface area contributed by atoms with Crippen molar-refractivity contribution >= 4 is 0 Å². The summed E-state index contributed by atoms with van der Waals surface area (Å²) in [5, 5.41) is 0. The maximum absolute atomic E-state index is 4.27. The molecule has 4 heteroatoms. The van der Waals surface area contributed by atoms with Gasteiger partial charge < -0.3 is 9.13 Å². The lowest BCUT2D eigenvalue weighted by Gasteiger charge is -2.36. The van der Waals surface area contributed by atoms with Gasteiger partial charge in [-0.05, 0) is 25.5 Å². The average molecular weight is 258 g/mol. The van der Waals surface area contributed by atoms with Crippen LogP contribution in [0.5, 0.6) is 0 Å². The number of hydrogen-bond donors (Lipinski definition) is 0. The zero-order valence-corrected chi connectivity index (χ0v) is 11.8. The van der Waals surface area contributed by atoms with Gasteiger partial charge in [0, 0.05) is 44.3 Å². The molecule has 0 spiro atoms. The van der Waals surface area contributed by atoms with Crippen LogP contribution in [0.25, 0.3) is 0 Å². The molecule has 0 radical (unpaired) electrons. The summed E-state index contributed by atoms with van der Waals surface area (Å²) in [4.78, 5) is 6.86. The van der Waals surface area contributed by atoms with Crippen molar-refractivity contribution in [2.24, 2.45) is 0 Å². The Morgan fingerprint density at radius 2 is 2.21 bits per heavy atom. The third kappa shape index (κ3) is 2.21. The highest BCUT2D eigenvalue weighted by molar-refractivity contribution is 5.15. The SMILES string of the molecule is CC[C@@H]1c2cccn2CCN1Cc1cncn1CC. The number of aryl methyl sites for hydroxylation is 1. The molecule has 0 aromatic carbocycles. The van der Waals surface area contributed by atoms with Gasteiger partial charge in [0.2, 0.25) is 0 Å². The predicted octanol–water partition coefficient (Wildman–Crippen LogP) is 2.67. The van der Waals surface area contributed by atoms with Crippen LogP contribution in [0, 0.1) is 0 Å². The van der Waals surface area contributed by atoms with Crippen molar-refractivity contribution in [3.05, 3.63) is 42.2 Å². The first kappa shape index (κ1) is 12.5. The predicted molar refractivity (Wildman–Crippen MR) is 75.8 cm³/mol. The minimum absolute atomic E-state index is 0.531. The molecule has 3 heterocycles. The van der Waals surface area contributed by atoms with Gasteiger partial charge in [-0.2, -0.15) is 0 Å². The number of hydrogen-bond acceptors (Lipinski definition) is 2. The van der Waals surface area contributed by atoms with Crippen LogP contribution in [0.1, 0.15) is 37.7 Å². The van der Waals surface area contributed by atoms with Gasteiger partial charge in [-0.25, -0.2) is 4.98 Å². The van der Waals surface area contributed by atoms with Gasteiger partial charge in [-0.15, -0.1) is 0 Å². The summed E-state index contributed by atoms with van der Waals surface area (Å²) in [5.41, 5.74) is 2.78. The molecule has 2 aromatic rings. The molecule has 2 aromatic heterocycles. The lowest BCUT2D eigenvalue weighted by Crippen LogP contribution is -2.37. The third-order valence-electron chi connectivity index (χ3n) is 4.17. The molecule has 1 atom stereocenters. The molecule has 102 valence electrons. The quantitative estimate of drug-likeness (QED) is 0.842. The molecule has 0 saturated carbocycles. The number of nitrogens with zero attached hydrogens (tertiary/aromatic N) is 4. The summed E-state index contributed by atoms with van der Waals surface area (Å²) in [6.07, 6.45) is 7.29. The Morgan fingerprint density at radius 1 is 1.32 bits per heavy atom. The second kappa shape index (κ2) is 5.21. The fourth-order valence-corrected chi connectivity index (χ4v) is 3.14. The lowest BCUT2D eigenvalue weighted by atomic mass is 10.1. The Kier molecular flexibility index (Phi) is 3.42. The Morgan fingerprint density at radius 3 is 3.00 bits per heavy atom. The molecule has 19 heavy (non-hydrogen) atoms. The van der Waals surface area contributed by atoms with E-state index in [9.17, 15) is 0 Å². The van der Waals surface area contributed by atoms with E-state index in [4.69, 9.17) is 0 Å². The molecule has 0 saturated heterocycles. The summed E-state index contributed by atoms with van der Waals surface area (Å²) >= 11 is 0. The van der Waals surface area contributed by atoms with Gasteiger partial charge in [0.15, 0.2) is 0 Å². The minimum atomic E-state index is 0.531. The van der Waals surface area contributed by atoms with Crippen molar-refractivity contribution in [2.45, 2.75) is 45.9 Å². The summed E-state index contributed by atoms with van der Waals surface area (Å²) in [5.74, 6) is 0. The molecule has 0 fully saturated rings. The number of rotatable bonds is 4. The van der Waals surface area contributed by atoms with E-state index < -0.39 is 0 Å². The standard InChI is InChI=1S/C15H22N4/c1-3-14-15-6-5-7-18(15)8-9-19(14)11-13-10-16-12-17(13)4-2/h5-7,10,12,14H,3-4,8-9,11H2,1-2H3/t14-/m1/s1. The summed E-state index contributed by atoms with van der Waals surface area (Å²) in [6.45, 7) is 8.66. The van der Waals surface area contributed by atoms with Crippen LogP contribution in [0.15, 0.2) is 30.9 Å². The Balaban J connectivity index is 1.82. The fourth-order valence-electron chi connectivity index (χ4n) is 3.14. The Bertz CT molecular complexity index is 540. The van der Waals surface area contributed by atoms with Crippen LogP contribution in [0.4, 0.5) is 0 Å². The van der Waals surface area contributed by atoms with Crippen LogP contribution < -0.4 is 0 Å². The number of imidazole rings is 1. The van der Waals surface area contributed by atoms with Gasteiger partial charge in [0.05, 0.1) is 18.1 Å². The zero-order chi connectivity index (χ0) is 13.2. The van der Waals surface area contributed by atoms with Crippen LogP contribution in [-0.2, 0) is 19.6 Å². The summed E-state index contributed by atoms with van der Waals surface area (Å²) in [6, 6.07) is 4.96. The normalized spacial score (nSPS) is 19.6. The van der Waals surface area contributed by atoms with Crippen molar-refractivity contribution in [2.75, 3.05) is 6.54 Å². The highest BCUT2D eigenvalue weighted by Crippen LogP contribution is 2.29. The van der Waals surface area contributed by atoms with E-state index in [0.29, 0.717) is 6.04 Å². The van der Waals surface area contributed by atoms with Gasteiger partial charge in [-0.1, -0.05) is 6.92 Å². The average Bonchev–Trinajstić information content (AvgIpc) is 3.06. The van der Waals surface area contributed by atoms with Crippen LogP contribution >= 0.6 is 0 Å². The van der Waals surface area contributed by atoms with Crippen LogP contribution in [0.3, 0.4) is 0 Å².